The average molecular weight is 260 g/mol. The van der Waals surface area contributed by atoms with Crippen molar-refractivity contribution in [2.75, 3.05) is 12.3 Å². The van der Waals surface area contributed by atoms with Gasteiger partial charge in [0.15, 0.2) is 0 Å². The third-order valence-electron chi connectivity index (χ3n) is 4.22. The third-order valence-corrected chi connectivity index (χ3v) is 4.22. The van der Waals surface area contributed by atoms with Crippen molar-refractivity contribution in [1.82, 2.24) is 4.90 Å². The molecule has 104 valence electrons. The molecule has 0 spiro atoms. The molecule has 2 unspecified atom stereocenters. The monoisotopic (exact) mass is 260 g/mol. The first-order valence-corrected chi connectivity index (χ1v) is 7.07. The SMILES string of the molecule is Cc1cc(C)c(C(=O)N2CC(C)CCC2C)cc1N. The highest BCUT2D eigenvalue weighted by atomic mass is 16.2. The minimum Gasteiger partial charge on any atom is -0.398 e. The highest BCUT2D eigenvalue weighted by molar-refractivity contribution is 5.97. The van der Waals surface area contributed by atoms with Gasteiger partial charge in [0.1, 0.15) is 0 Å². The Labute approximate surface area is 115 Å². The topological polar surface area (TPSA) is 46.3 Å². The third kappa shape index (κ3) is 2.75. The number of nitrogens with zero attached hydrogens (tertiary/aromatic N) is 1. The Kier molecular flexibility index (Phi) is 3.83. The summed E-state index contributed by atoms with van der Waals surface area (Å²) in [4.78, 5) is 14.7. The predicted octanol–water partition coefficient (Wildman–Crippen LogP) is 3.15. The molecule has 3 nitrogen and oxygen atoms in total. The maximum Gasteiger partial charge on any atom is 0.254 e. The van der Waals surface area contributed by atoms with E-state index >= 15 is 0 Å². The highest BCUT2D eigenvalue weighted by Crippen LogP contribution is 2.25. The minimum absolute atomic E-state index is 0.128. The van der Waals surface area contributed by atoms with Crippen LogP contribution in [0.15, 0.2) is 12.1 Å². The van der Waals surface area contributed by atoms with Gasteiger partial charge in [-0.3, -0.25) is 4.79 Å². The Morgan fingerprint density at radius 2 is 1.89 bits per heavy atom. The number of aryl methyl sites for hydroxylation is 2. The molecule has 1 aliphatic rings. The van der Waals surface area contributed by atoms with Crippen molar-refractivity contribution in [3.05, 3.63) is 28.8 Å². The summed E-state index contributed by atoms with van der Waals surface area (Å²) in [7, 11) is 0. The number of benzene rings is 1. The Hall–Kier alpha value is -1.51. The van der Waals surface area contributed by atoms with Crippen LogP contribution < -0.4 is 5.73 Å². The molecule has 0 aromatic heterocycles. The molecular formula is C16H24N2O. The fourth-order valence-electron chi connectivity index (χ4n) is 2.83. The predicted molar refractivity (Wildman–Crippen MR) is 79.2 cm³/mol. The molecule has 2 rings (SSSR count). The molecule has 1 amide bonds. The van der Waals surface area contributed by atoms with Gasteiger partial charge >= 0.3 is 0 Å². The molecule has 1 aromatic carbocycles. The van der Waals surface area contributed by atoms with Gasteiger partial charge in [-0.15, -0.1) is 0 Å². The van der Waals surface area contributed by atoms with E-state index in [-0.39, 0.29) is 5.91 Å². The summed E-state index contributed by atoms with van der Waals surface area (Å²) in [6.07, 6.45) is 2.30. The van der Waals surface area contributed by atoms with E-state index in [4.69, 9.17) is 5.73 Å². The van der Waals surface area contributed by atoms with E-state index in [1.807, 2.05) is 30.9 Å². The largest absolute Gasteiger partial charge is 0.398 e. The van der Waals surface area contributed by atoms with Crippen molar-refractivity contribution in [3.63, 3.8) is 0 Å². The van der Waals surface area contributed by atoms with Crippen LogP contribution in [-0.2, 0) is 0 Å². The number of anilines is 1. The maximum atomic E-state index is 12.7. The molecule has 0 saturated carbocycles. The number of carbonyl (C=O) groups excluding carboxylic acids is 1. The normalized spacial score (nSPS) is 23.5. The van der Waals surface area contributed by atoms with E-state index in [0.717, 1.165) is 29.7 Å². The molecule has 0 bridgehead atoms. The molecule has 2 N–H and O–H groups in total. The zero-order valence-corrected chi connectivity index (χ0v) is 12.4. The van der Waals surface area contributed by atoms with E-state index in [1.54, 1.807) is 0 Å². The van der Waals surface area contributed by atoms with Crippen molar-refractivity contribution in [2.45, 2.75) is 46.6 Å². The standard InChI is InChI=1S/C16H24N2O/c1-10-5-6-13(4)18(9-10)16(19)14-8-15(17)12(3)7-11(14)2/h7-8,10,13H,5-6,9,17H2,1-4H3. The smallest absolute Gasteiger partial charge is 0.254 e. The fraction of sp³-hybridized carbons (Fsp3) is 0.562. The first-order valence-electron chi connectivity index (χ1n) is 7.07. The second-order valence-electron chi connectivity index (χ2n) is 6.01. The van der Waals surface area contributed by atoms with Crippen LogP contribution in [0.25, 0.3) is 0 Å². The number of hydrogen-bond acceptors (Lipinski definition) is 2. The zero-order chi connectivity index (χ0) is 14.2. The van der Waals surface area contributed by atoms with Gasteiger partial charge in [0, 0.05) is 23.8 Å². The lowest BCUT2D eigenvalue weighted by Crippen LogP contribution is -2.45. The van der Waals surface area contributed by atoms with Crippen molar-refractivity contribution in [3.8, 4) is 0 Å². The number of carbonyl (C=O) groups is 1. The van der Waals surface area contributed by atoms with Crippen LogP contribution in [-0.4, -0.2) is 23.4 Å². The molecular weight excluding hydrogens is 236 g/mol. The van der Waals surface area contributed by atoms with E-state index in [2.05, 4.69) is 13.8 Å². The Balaban J connectivity index is 2.31. The Bertz CT molecular complexity index is 496. The van der Waals surface area contributed by atoms with Crippen LogP contribution in [0.1, 0.15) is 48.2 Å². The summed E-state index contributed by atoms with van der Waals surface area (Å²) in [5, 5.41) is 0. The van der Waals surface area contributed by atoms with E-state index < -0.39 is 0 Å². The maximum absolute atomic E-state index is 12.7. The highest BCUT2D eigenvalue weighted by Gasteiger charge is 2.28. The molecule has 0 radical (unpaired) electrons. The molecule has 1 heterocycles. The summed E-state index contributed by atoms with van der Waals surface area (Å²) in [6, 6.07) is 4.16. The van der Waals surface area contributed by atoms with Gasteiger partial charge in [-0.1, -0.05) is 13.0 Å². The second-order valence-corrected chi connectivity index (χ2v) is 6.01. The lowest BCUT2D eigenvalue weighted by atomic mass is 9.93. The number of nitrogen functional groups attached to an aromatic ring is 1. The molecule has 1 fully saturated rings. The Morgan fingerprint density at radius 1 is 1.21 bits per heavy atom. The van der Waals surface area contributed by atoms with E-state index in [0.29, 0.717) is 17.6 Å². The van der Waals surface area contributed by atoms with Gasteiger partial charge in [-0.2, -0.15) is 0 Å². The van der Waals surface area contributed by atoms with E-state index in [1.165, 1.54) is 6.42 Å². The molecule has 19 heavy (non-hydrogen) atoms. The van der Waals surface area contributed by atoms with Crippen LogP contribution in [0.2, 0.25) is 0 Å². The summed E-state index contributed by atoms with van der Waals surface area (Å²) >= 11 is 0. The Morgan fingerprint density at radius 3 is 2.58 bits per heavy atom. The number of likely N-dealkylation sites (tertiary alicyclic amines) is 1. The summed E-state index contributed by atoms with van der Waals surface area (Å²) in [5.41, 5.74) is 9.45. The first kappa shape index (κ1) is 13.9. The summed E-state index contributed by atoms with van der Waals surface area (Å²) in [5.74, 6) is 0.714. The van der Waals surface area contributed by atoms with Gasteiger partial charge in [0.2, 0.25) is 0 Å². The minimum atomic E-state index is 0.128. The van der Waals surface area contributed by atoms with Gasteiger partial charge in [-0.05, 0) is 56.7 Å². The summed E-state index contributed by atoms with van der Waals surface area (Å²) < 4.78 is 0. The number of amides is 1. The number of rotatable bonds is 1. The lowest BCUT2D eigenvalue weighted by molar-refractivity contribution is 0.0573. The van der Waals surface area contributed by atoms with Gasteiger partial charge in [0.05, 0.1) is 0 Å². The molecule has 1 saturated heterocycles. The van der Waals surface area contributed by atoms with Crippen molar-refractivity contribution in [1.29, 1.82) is 0 Å². The molecule has 1 aromatic rings. The quantitative estimate of drug-likeness (QED) is 0.788. The molecule has 2 atom stereocenters. The van der Waals surface area contributed by atoms with Crippen LogP contribution in [0.3, 0.4) is 0 Å². The first-order chi connectivity index (χ1) is 8.90. The summed E-state index contributed by atoms with van der Waals surface area (Å²) in [6.45, 7) is 9.16. The number of hydrogen-bond donors (Lipinski definition) is 1. The second kappa shape index (κ2) is 5.24. The van der Waals surface area contributed by atoms with Crippen molar-refractivity contribution >= 4 is 11.6 Å². The molecule has 0 aliphatic carbocycles. The molecule has 1 aliphatic heterocycles. The van der Waals surface area contributed by atoms with Crippen molar-refractivity contribution in [2.24, 2.45) is 5.92 Å². The zero-order valence-electron chi connectivity index (χ0n) is 12.4. The number of piperidine rings is 1. The number of nitrogens with two attached hydrogens (primary N) is 1. The van der Waals surface area contributed by atoms with Gasteiger partial charge in [-0.25, -0.2) is 0 Å². The van der Waals surface area contributed by atoms with Gasteiger partial charge in [0.25, 0.3) is 5.91 Å². The van der Waals surface area contributed by atoms with Crippen LogP contribution >= 0.6 is 0 Å². The average Bonchev–Trinajstić information content (AvgIpc) is 2.36. The van der Waals surface area contributed by atoms with E-state index in [9.17, 15) is 4.79 Å². The lowest BCUT2D eigenvalue weighted by Gasteiger charge is -2.37. The fourth-order valence-corrected chi connectivity index (χ4v) is 2.83. The molecule has 3 heteroatoms. The van der Waals surface area contributed by atoms with Crippen molar-refractivity contribution < 1.29 is 4.79 Å². The van der Waals surface area contributed by atoms with Gasteiger partial charge < -0.3 is 10.6 Å². The van der Waals surface area contributed by atoms with Crippen LogP contribution in [0, 0.1) is 19.8 Å². The van der Waals surface area contributed by atoms with Crippen LogP contribution in [0.5, 0.6) is 0 Å². The van der Waals surface area contributed by atoms with Crippen LogP contribution in [0.4, 0.5) is 5.69 Å².